The van der Waals surface area contributed by atoms with Crippen molar-refractivity contribution < 1.29 is 4.79 Å². The van der Waals surface area contributed by atoms with Crippen molar-refractivity contribution in [3.05, 3.63) is 24.0 Å². The number of carbonyl (C=O) groups excluding carboxylic acids is 1. The zero-order valence-corrected chi connectivity index (χ0v) is 9.12. The molecule has 0 aromatic carbocycles. The fourth-order valence-corrected chi connectivity index (χ4v) is 1.88. The molecule has 0 atom stereocenters. The molecule has 1 fully saturated rings. The van der Waals surface area contributed by atoms with Crippen molar-refractivity contribution in [1.82, 2.24) is 15.5 Å². The summed E-state index contributed by atoms with van der Waals surface area (Å²) in [4.78, 5) is 11.7. The van der Waals surface area contributed by atoms with Crippen LogP contribution in [0.2, 0.25) is 0 Å². The molecule has 14 heavy (non-hydrogen) atoms. The average Bonchev–Trinajstić information content (AvgIpc) is 3.00. The van der Waals surface area contributed by atoms with E-state index in [9.17, 15) is 4.79 Å². The van der Waals surface area contributed by atoms with Crippen molar-refractivity contribution in [2.75, 3.05) is 5.33 Å². The summed E-state index contributed by atoms with van der Waals surface area (Å²) in [6.45, 7) is 0. The average molecular weight is 256 g/mol. The van der Waals surface area contributed by atoms with Gasteiger partial charge in [0.2, 0.25) is 0 Å². The molecule has 4 nitrogen and oxygen atoms in total. The van der Waals surface area contributed by atoms with Gasteiger partial charge >= 0.3 is 0 Å². The van der Waals surface area contributed by atoms with Gasteiger partial charge in [-0.15, -0.1) is 0 Å². The number of halogens is 1. The summed E-state index contributed by atoms with van der Waals surface area (Å²) in [5, 5.41) is 11.1. The first-order valence-corrected chi connectivity index (χ1v) is 5.53. The van der Waals surface area contributed by atoms with Crippen LogP contribution < -0.4 is 5.32 Å². The standard InChI is InChI=1S/C9H10BrN3O/c10-6-9(2-3-9)13-8(14)7-1-4-11-12-5-7/h1,4-5H,2-3,6H2,(H,13,14). The van der Waals surface area contributed by atoms with Gasteiger partial charge in [-0.3, -0.25) is 4.79 Å². The monoisotopic (exact) mass is 255 g/mol. The van der Waals surface area contributed by atoms with Gasteiger partial charge < -0.3 is 5.32 Å². The van der Waals surface area contributed by atoms with Gasteiger partial charge in [0.25, 0.3) is 5.91 Å². The van der Waals surface area contributed by atoms with Crippen LogP contribution in [0.25, 0.3) is 0 Å². The van der Waals surface area contributed by atoms with Crippen LogP contribution >= 0.6 is 15.9 Å². The quantitative estimate of drug-likeness (QED) is 0.825. The van der Waals surface area contributed by atoms with E-state index in [1.54, 1.807) is 6.07 Å². The number of nitrogens with zero attached hydrogens (tertiary/aromatic N) is 2. The summed E-state index contributed by atoms with van der Waals surface area (Å²) in [5.74, 6) is -0.0724. The Labute approximate surface area is 90.2 Å². The fraction of sp³-hybridized carbons (Fsp3) is 0.444. The Morgan fingerprint density at radius 2 is 2.36 bits per heavy atom. The Bertz CT molecular complexity index is 337. The first kappa shape index (κ1) is 9.58. The molecule has 0 radical (unpaired) electrons. The van der Waals surface area contributed by atoms with E-state index in [-0.39, 0.29) is 11.4 Å². The molecule has 0 saturated heterocycles. The Kier molecular flexibility index (Phi) is 2.50. The normalized spacial score (nSPS) is 17.5. The third-order valence-corrected chi connectivity index (χ3v) is 3.41. The van der Waals surface area contributed by atoms with Gasteiger partial charge in [0.1, 0.15) is 0 Å². The van der Waals surface area contributed by atoms with Gasteiger partial charge in [0.15, 0.2) is 0 Å². The molecule has 1 aromatic heterocycles. The maximum Gasteiger partial charge on any atom is 0.253 e. The van der Waals surface area contributed by atoms with Gasteiger partial charge in [-0.1, -0.05) is 15.9 Å². The van der Waals surface area contributed by atoms with E-state index >= 15 is 0 Å². The lowest BCUT2D eigenvalue weighted by molar-refractivity contribution is 0.0936. The van der Waals surface area contributed by atoms with Crippen LogP contribution in [0.15, 0.2) is 18.5 Å². The number of carbonyl (C=O) groups is 1. The van der Waals surface area contributed by atoms with Crippen LogP contribution in [0.1, 0.15) is 23.2 Å². The molecule has 0 aliphatic heterocycles. The minimum absolute atomic E-state index is 0.0135. The van der Waals surface area contributed by atoms with Crippen molar-refractivity contribution >= 4 is 21.8 Å². The summed E-state index contributed by atoms with van der Waals surface area (Å²) in [5.41, 5.74) is 0.549. The molecule has 1 amide bonds. The first-order chi connectivity index (χ1) is 6.76. The van der Waals surface area contributed by atoms with E-state index in [0.717, 1.165) is 18.2 Å². The Morgan fingerprint density at radius 1 is 1.57 bits per heavy atom. The minimum atomic E-state index is -0.0724. The van der Waals surface area contributed by atoms with Gasteiger partial charge in [-0.2, -0.15) is 10.2 Å². The van der Waals surface area contributed by atoms with Crippen LogP contribution in [0, 0.1) is 0 Å². The van der Waals surface area contributed by atoms with E-state index in [4.69, 9.17) is 0 Å². The molecule has 1 aliphatic carbocycles. The highest BCUT2D eigenvalue weighted by Crippen LogP contribution is 2.37. The largest absolute Gasteiger partial charge is 0.346 e. The molecule has 2 rings (SSSR count). The van der Waals surface area contributed by atoms with Crippen molar-refractivity contribution in [3.63, 3.8) is 0 Å². The fourth-order valence-electron chi connectivity index (χ4n) is 1.18. The van der Waals surface area contributed by atoms with Gasteiger partial charge in [-0.05, 0) is 18.9 Å². The number of alkyl halides is 1. The van der Waals surface area contributed by atoms with Crippen LogP contribution in [0.4, 0.5) is 0 Å². The third kappa shape index (κ3) is 1.92. The third-order valence-electron chi connectivity index (χ3n) is 2.33. The lowest BCUT2D eigenvalue weighted by Gasteiger charge is -2.13. The van der Waals surface area contributed by atoms with E-state index in [2.05, 4.69) is 31.4 Å². The summed E-state index contributed by atoms with van der Waals surface area (Å²) in [7, 11) is 0. The number of hydrogen-bond donors (Lipinski definition) is 1. The van der Waals surface area contributed by atoms with E-state index in [0.29, 0.717) is 5.56 Å². The molecule has 1 heterocycles. The number of nitrogens with one attached hydrogen (secondary N) is 1. The summed E-state index contributed by atoms with van der Waals surface area (Å²) in [6, 6.07) is 1.66. The first-order valence-electron chi connectivity index (χ1n) is 4.41. The Morgan fingerprint density at radius 3 is 2.86 bits per heavy atom. The Balaban J connectivity index is 2.03. The van der Waals surface area contributed by atoms with E-state index in [1.165, 1.54) is 12.4 Å². The molecule has 0 bridgehead atoms. The van der Waals surface area contributed by atoms with E-state index < -0.39 is 0 Å². The molecule has 1 N–H and O–H groups in total. The molecule has 0 spiro atoms. The van der Waals surface area contributed by atoms with Gasteiger partial charge in [-0.25, -0.2) is 0 Å². The minimum Gasteiger partial charge on any atom is -0.346 e. The highest BCUT2D eigenvalue weighted by Gasteiger charge is 2.42. The highest BCUT2D eigenvalue weighted by molar-refractivity contribution is 9.09. The van der Waals surface area contributed by atoms with Crippen molar-refractivity contribution in [2.24, 2.45) is 0 Å². The van der Waals surface area contributed by atoms with Crippen molar-refractivity contribution in [3.8, 4) is 0 Å². The summed E-state index contributed by atoms with van der Waals surface area (Å²) >= 11 is 3.39. The zero-order valence-electron chi connectivity index (χ0n) is 7.53. The molecular formula is C9H10BrN3O. The molecular weight excluding hydrogens is 246 g/mol. The number of rotatable bonds is 3. The maximum atomic E-state index is 11.7. The SMILES string of the molecule is O=C(NC1(CBr)CC1)c1ccnnc1. The smallest absolute Gasteiger partial charge is 0.253 e. The van der Waals surface area contributed by atoms with Crippen LogP contribution in [0.5, 0.6) is 0 Å². The predicted octanol–water partition coefficient (Wildman–Crippen LogP) is 1.13. The lowest BCUT2D eigenvalue weighted by Crippen LogP contribution is -2.38. The molecule has 1 aromatic rings. The lowest BCUT2D eigenvalue weighted by atomic mass is 10.2. The highest BCUT2D eigenvalue weighted by atomic mass is 79.9. The maximum absolute atomic E-state index is 11.7. The van der Waals surface area contributed by atoms with Crippen LogP contribution in [-0.4, -0.2) is 27.0 Å². The number of aromatic nitrogens is 2. The van der Waals surface area contributed by atoms with Crippen LogP contribution in [0.3, 0.4) is 0 Å². The predicted molar refractivity (Wildman–Crippen MR) is 55.3 cm³/mol. The molecule has 1 saturated carbocycles. The van der Waals surface area contributed by atoms with Crippen LogP contribution in [-0.2, 0) is 0 Å². The number of hydrogen-bond acceptors (Lipinski definition) is 3. The Hall–Kier alpha value is -0.970. The molecule has 0 unspecified atom stereocenters. The second kappa shape index (κ2) is 3.65. The van der Waals surface area contributed by atoms with E-state index in [1.807, 2.05) is 0 Å². The molecule has 1 aliphatic rings. The van der Waals surface area contributed by atoms with Crippen molar-refractivity contribution in [2.45, 2.75) is 18.4 Å². The summed E-state index contributed by atoms with van der Waals surface area (Å²) in [6.07, 6.45) is 5.08. The molecule has 5 heteroatoms. The zero-order chi connectivity index (χ0) is 10.0. The van der Waals surface area contributed by atoms with Crippen molar-refractivity contribution in [1.29, 1.82) is 0 Å². The summed E-state index contributed by atoms with van der Waals surface area (Å²) < 4.78 is 0. The second-order valence-electron chi connectivity index (χ2n) is 3.50. The topological polar surface area (TPSA) is 54.9 Å². The molecule has 74 valence electrons. The number of amides is 1. The van der Waals surface area contributed by atoms with Gasteiger partial charge in [0.05, 0.1) is 23.5 Å². The second-order valence-corrected chi connectivity index (χ2v) is 4.06. The van der Waals surface area contributed by atoms with Gasteiger partial charge in [0, 0.05) is 5.33 Å².